The molecule has 0 spiro atoms. The number of rotatable bonds is 4. The molecular formula is C6H10O2. The lowest BCUT2D eigenvalue weighted by Crippen LogP contribution is -1.92. The van der Waals surface area contributed by atoms with E-state index in [1.54, 1.807) is 0 Å². The van der Waals surface area contributed by atoms with E-state index >= 15 is 0 Å². The summed E-state index contributed by atoms with van der Waals surface area (Å²) in [6.45, 7) is 5.08. The standard InChI is InChI=1S/C6H10O2/c1-2-7-4-3-6-5-8-6/h2,6H,1,3-5H2. The Balaban J connectivity index is 1.80. The highest BCUT2D eigenvalue weighted by Gasteiger charge is 2.21. The monoisotopic (exact) mass is 114 g/mol. The summed E-state index contributed by atoms with van der Waals surface area (Å²) < 4.78 is 9.81. The fourth-order valence-corrected chi connectivity index (χ4v) is 0.518. The van der Waals surface area contributed by atoms with Gasteiger partial charge in [-0.1, -0.05) is 6.58 Å². The van der Waals surface area contributed by atoms with Gasteiger partial charge < -0.3 is 9.47 Å². The number of ether oxygens (including phenoxy) is 2. The zero-order valence-corrected chi connectivity index (χ0v) is 4.80. The van der Waals surface area contributed by atoms with E-state index in [1.807, 2.05) is 0 Å². The maximum absolute atomic E-state index is 4.94. The fourth-order valence-electron chi connectivity index (χ4n) is 0.518. The van der Waals surface area contributed by atoms with E-state index in [1.165, 1.54) is 6.26 Å². The van der Waals surface area contributed by atoms with Crippen LogP contribution in [0.1, 0.15) is 6.42 Å². The van der Waals surface area contributed by atoms with Gasteiger partial charge in [0.2, 0.25) is 0 Å². The van der Waals surface area contributed by atoms with Crippen molar-refractivity contribution < 1.29 is 9.47 Å². The largest absolute Gasteiger partial charge is 0.502 e. The Hall–Kier alpha value is -0.500. The van der Waals surface area contributed by atoms with Crippen LogP contribution in [0.4, 0.5) is 0 Å². The van der Waals surface area contributed by atoms with Gasteiger partial charge in [0, 0.05) is 6.42 Å². The molecule has 1 aliphatic heterocycles. The lowest BCUT2D eigenvalue weighted by atomic mass is 10.4. The number of epoxide rings is 1. The SMILES string of the molecule is C=COCCC1CO1. The maximum Gasteiger partial charge on any atom is 0.0898 e. The molecule has 2 nitrogen and oxygen atoms in total. The molecule has 1 fully saturated rings. The summed E-state index contributed by atoms with van der Waals surface area (Å²) in [4.78, 5) is 0. The molecule has 1 atom stereocenters. The molecule has 1 aliphatic rings. The summed E-state index contributed by atoms with van der Waals surface area (Å²) >= 11 is 0. The van der Waals surface area contributed by atoms with Crippen LogP contribution in [0.5, 0.6) is 0 Å². The molecule has 1 heterocycles. The van der Waals surface area contributed by atoms with Crippen molar-refractivity contribution in [2.24, 2.45) is 0 Å². The van der Waals surface area contributed by atoms with Crippen LogP contribution in [-0.2, 0) is 9.47 Å². The maximum atomic E-state index is 4.94. The van der Waals surface area contributed by atoms with Gasteiger partial charge >= 0.3 is 0 Å². The molecular weight excluding hydrogens is 104 g/mol. The van der Waals surface area contributed by atoms with Crippen molar-refractivity contribution in [3.05, 3.63) is 12.8 Å². The van der Waals surface area contributed by atoms with Crippen molar-refractivity contribution in [1.29, 1.82) is 0 Å². The highest BCUT2D eigenvalue weighted by Crippen LogP contribution is 2.12. The van der Waals surface area contributed by atoms with Crippen LogP contribution in [0.25, 0.3) is 0 Å². The highest BCUT2D eigenvalue weighted by molar-refractivity contribution is 4.68. The first-order valence-electron chi connectivity index (χ1n) is 2.77. The first-order valence-corrected chi connectivity index (χ1v) is 2.77. The molecule has 1 rings (SSSR count). The zero-order valence-electron chi connectivity index (χ0n) is 4.80. The third-order valence-corrected chi connectivity index (χ3v) is 1.08. The lowest BCUT2D eigenvalue weighted by Gasteiger charge is -1.93. The van der Waals surface area contributed by atoms with Crippen LogP contribution >= 0.6 is 0 Å². The molecule has 8 heavy (non-hydrogen) atoms. The minimum absolute atomic E-state index is 0.481. The average molecular weight is 114 g/mol. The first-order chi connectivity index (χ1) is 3.93. The van der Waals surface area contributed by atoms with Gasteiger partial charge in [0.15, 0.2) is 0 Å². The minimum atomic E-state index is 0.481. The van der Waals surface area contributed by atoms with Crippen molar-refractivity contribution in [3.63, 3.8) is 0 Å². The predicted octanol–water partition coefficient (Wildman–Crippen LogP) is 0.935. The number of hydrogen-bond acceptors (Lipinski definition) is 2. The molecule has 0 radical (unpaired) electrons. The summed E-state index contributed by atoms with van der Waals surface area (Å²) in [5, 5.41) is 0. The molecule has 0 N–H and O–H groups in total. The van der Waals surface area contributed by atoms with Gasteiger partial charge in [0.1, 0.15) is 0 Å². The van der Waals surface area contributed by atoms with Gasteiger partial charge in [-0.15, -0.1) is 0 Å². The molecule has 0 aromatic rings. The third kappa shape index (κ3) is 1.98. The van der Waals surface area contributed by atoms with Gasteiger partial charge in [0.25, 0.3) is 0 Å². The highest BCUT2D eigenvalue weighted by atomic mass is 16.6. The van der Waals surface area contributed by atoms with E-state index in [-0.39, 0.29) is 0 Å². The number of hydrogen-bond donors (Lipinski definition) is 0. The second kappa shape index (κ2) is 2.72. The summed E-state index contributed by atoms with van der Waals surface area (Å²) in [6, 6.07) is 0. The Morgan fingerprint density at radius 1 is 1.88 bits per heavy atom. The third-order valence-electron chi connectivity index (χ3n) is 1.08. The average Bonchev–Trinajstić information content (AvgIpc) is 2.51. The first kappa shape index (κ1) is 5.63. The smallest absolute Gasteiger partial charge is 0.0898 e. The molecule has 0 aromatic carbocycles. The second-order valence-electron chi connectivity index (χ2n) is 1.78. The molecule has 0 aliphatic carbocycles. The van der Waals surface area contributed by atoms with Crippen LogP contribution in [-0.4, -0.2) is 19.3 Å². The van der Waals surface area contributed by atoms with Gasteiger partial charge in [-0.05, 0) is 0 Å². The summed E-state index contributed by atoms with van der Waals surface area (Å²) in [5.74, 6) is 0. The van der Waals surface area contributed by atoms with E-state index in [4.69, 9.17) is 9.47 Å². The Labute approximate surface area is 49.1 Å². The topological polar surface area (TPSA) is 21.8 Å². The van der Waals surface area contributed by atoms with E-state index in [2.05, 4.69) is 6.58 Å². The molecule has 2 heteroatoms. The Morgan fingerprint density at radius 2 is 2.62 bits per heavy atom. The van der Waals surface area contributed by atoms with Crippen LogP contribution in [0.3, 0.4) is 0 Å². The van der Waals surface area contributed by atoms with Gasteiger partial charge in [-0.2, -0.15) is 0 Å². The normalized spacial score (nSPS) is 24.8. The van der Waals surface area contributed by atoms with Crippen molar-refractivity contribution in [2.75, 3.05) is 13.2 Å². The summed E-state index contributed by atoms with van der Waals surface area (Å²) in [5.41, 5.74) is 0. The van der Waals surface area contributed by atoms with Crippen LogP contribution in [0, 0.1) is 0 Å². The molecule has 0 aromatic heterocycles. The van der Waals surface area contributed by atoms with E-state index in [0.29, 0.717) is 6.10 Å². The van der Waals surface area contributed by atoms with E-state index in [9.17, 15) is 0 Å². The molecule has 1 saturated heterocycles. The fraction of sp³-hybridized carbons (Fsp3) is 0.667. The Morgan fingerprint density at radius 3 is 3.12 bits per heavy atom. The predicted molar refractivity (Wildman–Crippen MR) is 30.5 cm³/mol. The zero-order chi connectivity index (χ0) is 5.82. The summed E-state index contributed by atoms with van der Waals surface area (Å²) in [7, 11) is 0. The quantitative estimate of drug-likeness (QED) is 0.308. The summed E-state index contributed by atoms with van der Waals surface area (Å²) in [6.07, 6.45) is 2.95. The second-order valence-corrected chi connectivity index (χ2v) is 1.78. The van der Waals surface area contributed by atoms with Crippen molar-refractivity contribution >= 4 is 0 Å². The van der Waals surface area contributed by atoms with Gasteiger partial charge in [-0.3, -0.25) is 0 Å². The van der Waals surface area contributed by atoms with Crippen molar-refractivity contribution in [3.8, 4) is 0 Å². The van der Waals surface area contributed by atoms with Crippen LogP contribution in [0.15, 0.2) is 12.8 Å². The van der Waals surface area contributed by atoms with Gasteiger partial charge in [-0.25, -0.2) is 0 Å². The van der Waals surface area contributed by atoms with Gasteiger partial charge in [0.05, 0.1) is 25.6 Å². The molecule has 0 bridgehead atoms. The van der Waals surface area contributed by atoms with E-state index < -0.39 is 0 Å². The van der Waals surface area contributed by atoms with Crippen molar-refractivity contribution in [1.82, 2.24) is 0 Å². The van der Waals surface area contributed by atoms with Crippen LogP contribution in [0.2, 0.25) is 0 Å². The molecule has 0 saturated carbocycles. The molecule has 46 valence electrons. The Bertz CT molecular complexity index is 76.6. The van der Waals surface area contributed by atoms with Crippen molar-refractivity contribution in [2.45, 2.75) is 12.5 Å². The molecule has 1 unspecified atom stereocenters. The minimum Gasteiger partial charge on any atom is -0.502 e. The van der Waals surface area contributed by atoms with E-state index in [0.717, 1.165) is 19.6 Å². The Kier molecular flexibility index (Phi) is 1.92. The molecule has 0 amide bonds. The van der Waals surface area contributed by atoms with Crippen LogP contribution < -0.4 is 0 Å². The lowest BCUT2D eigenvalue weighted by molar-refractivity contribution is 0.230.